The molecule has 1 atom stereocenters. The molecular weight excluding hydrogens is 398 g/mol. The van der Waals surface area contributed by atoms with E-state index < -0.39 is 9.84 Å². The van der Waals surface area contributed by atoms with Gasteiger partial charge in [0.25, 0.3) is 0 Å². The molecule has 0 spiro atoms. The van der Waals surface area contributed by atoms with Gasteiger partial charge >= 0.3 is 0 Å². The van der Waals surface area contributed by atoms with Gasteiger partial charge in [0, 0.05) is 38.1 Å². The number of aromatic nitrogens is 3. The summed E-state index contributed by atoms with van der Waals surface area (Å²) < 4.78 is 33.6. The number of imidazole rings is 1. The summed E-state index contributed by atoms with van der Waals surface area (Å²) in [5, 5.41) is 0. The van der Waals surface area contributed by atoms with Gasteiger partial charge in [0.15, 0.2) is 0 Å². The van der Waals surface area contributed by atoms with E-state index in [1.807, 2.05) is 6.07 Å². The van der Waals surface area contributed by atoms with Crippen LogP contribution in [0.1, 0.15) is 46.4 Å². The Morgan fingerprint density at radius 3 is 2.53 bits per heavy atom. The molecule has 0 N–H and O–H groups in total. The maximum atomic E-state index is 13.0. The average Bonchev–Trinajstić information content (AvgIpc) is 3.09. The minimum Gasteiger partial charge on any atom is -0.385 e. The molecule has 2 aromatic heterocycles. The van der Waals surface area contributed by atoms with Crippen molar-refractivity contribution in [2.75, 3.05) is 13.7 Å². The fraction of sp³-hybridized carbons (Fsp3) is 0.478. The summed E-state index contributed by atoms with van der Waals surface area (Å²) in [7, 11) is -1.91. The standard InChI is InChI=1S/C23H31N3O3S/c1-6-17(11-13-29-5)16-26-21-10-9-18(14-20(21)25-22(26)23(2,3)4)30(27,28)19-8-7-12-24-15-19/h7-10,12,14-15,17H,6,11,13,16H2,1-5H3. The lowest BCUT2D eigenvalue weighted by molar-refractivity contribution is 0.171. The van der Waals surface area contributed by atoms with Crippen LogP contribution in [0.2, 0.25) is 0 Å². The molecule has 0 aliphatic rings. The molecule has 0 aliphatic heterocycles. The largest absolute Gasteiger partial charge is 0.385 e. The first-order valence-electron chi connectivity index (χ1n) is 10.3. The van der Waals surface area contributed by atoms with Crippen LogP contribution in [0.15, 0.2) is 52.5 Å². The second kappa shape index (κ2) is 8.86. The minimum atomic E-state index is -3.64. The van der Waals surface area contributed by atoms with Crippen LogP contribution in [-0.4, -0.2) is 36.7 Å². The van der Waals surface area contributed by atoms with Crippen molar-refractivity contribution in [1.29, 1.82) is 0 Å². The molecule has 6 nitrogen and oxygen atoms in total. The monoisotopic (exact) mass is 429 g/mol. The van der Waals surface area contributed by atoms with Gasteiger partial charge in [0.2, 0.25) is 9.84 Å². The predicted octanol–water partition coefficient (Wildman–Crippen LogP) is 4.62. The maximum Gasteiger partial charge on any atom is 0.208 e. The van der Waals surface area contributed by atoms with Crippen molar-refractivity contribution < 1.29 is 13.2 Å². The van der Waals surface area contributed by atoms with E-state index >= 15 is 0 Å². The number of rotatable bonds is 8. The number of benzene rings is 1. The smallest absolute Gasteiger partial charge is 0.208 e. The van der Waals surface area contributed by atoms with Crippen LogP contribution in [0.25, 0.3) is 11.0 Å². The van der Waals surface area contributed by atoms with E-state index in [1.54, 1.807) is 37.6 Å². The normalized spacial score (nSPS) is 13.6. The zero-order chi connectivity index (χ0) is 21.9. The van der Waals surface area contributed by atoms with Crippen molar-refractivity contribution in [2.24, 2.45) is 5.92 Å². The molecule has 3 aromatic rings. The quantitative estimate of drug-likeness (QED) is 0.522. The highest BCUT2D eigenvalue weighted by atomic mass is 32.2. The van der Waals surface area contributed by atoms with Gasteiger partial charge in [0.05, 0.1) is 20.8 Å². The Bertz CT molecular complexity index is 1100. The van der Waals surface area contributed by atoms with Crippen molar-refractivity contribution >= 4 is 20.9 Å². The van der Waals surface area contributed by atoms with Crippen LogP contribution in [-0.2, 0) is 26.5 Å². The molecule has 1 aromatic carbocycles. The second-order valence-electron chi connectivity index (χ2n) is 8.69. The highest BCUT2D eigenvalue weighted by molar-refractivity contribution is 7.91. The number of fused-ring (bicyclic) bond motifs is 1. The van der Waals surface area contributed by atoms with E-state index in [0.29, 0.717) is 11.4 Å². The van der Waals surface area contributed by atoms with Crippen LogP contribution < -0.4 is 0 Å². The van der Waals surface area contributed by atoms with Crippen molar-refractivity contribution in [2.45, 2.75) is 62.3 Å². The Balaban J connectivity index is 2.09. The number of nitrogens with zero attached hydrogens (tertiary/aromatic N) is 3. The molecule has 0 saturated carbocycles. The Morgan fingerprint density at radius 2 is 1.93 bits per heavy atom. The van der Waals surface area contributed by atoms with Gasteiger partial charge in [-0.1, -0.05) is 34.1 Å². The Morgan fingerprint density at radius 1 is 1.17 bits per heavy atom. The topological polar surface area (TPSA) is 74.1 Å². The van der Waals surface area contributed by atoms with Gasteiger partial charge in [-0.15, -0.1) is 0 Å². The molecule has 1 unspecified atom stereocenters. The molecular formula is C23H31N3O3S. The van der Waals surface area contributed by atoms with E-state index in [9.17, 15) is 8.42 Å². The zero-order valence-electron chi connectivity index (χ0n) is 18.4. The Hall–Kier alpha value is -2.25. The molecule has 0 radical (unpaired) electrons. The SMILES string of the molecule is CCC(CCOC)Cn1c(C(C)(C)C)nc2cc(S(=O)(=O)c3cccnc3)ccc21. The van der Waals surface area contributed by atoms with E-state index in [1.165, 1.54) is 6.20 Å². The Kier molecular flexibility index (Phi) is 6.62. The number of sulfone groups is 1. The highest BCUT2D eigenvalue weighted by Gasteiger charge is 2.26. The average molecular weight is 430 g/mol. The number of methoxy groups -OCH3 is 1. The third-order valence-corrected chi connectivity index (χ3v) is 7.13. The van der Waals surface area contributed by atoms with Gasteiger partial charge < -0.3 is 9.30 Å². The molecule has 0 saturated heterocycles. The molecule has 0 fully saturated rings. The maximum absolute atomic E-state index is 13.0. The van der Waals surface area contributed by atoms with E-state index in [4.69, 9.17) is 9.72 Å². The predicted molar refractivity (Wildman–Crippen MR) is 118 cm³/mol. The fourth-order valence-electron chi connectivity index (χ4n) is 3.64. The number of hydrogen-bond acceptors (Lipinski definition) is 5. The summed E-state index contributed by atoms with van der Waals surface area (Å²) in [6, 6.07) is 8.42. The first kappa shape index (κ1) is 22.4. The molecule has 2 heterocycles. The second-order valence-corrected chi connectivity index (χ2v) is 10.6. The number of pyridine rings is 1. The number of ether oxygens (including phenoxy) is 1. The van der Waals surface area contributed by atoms with Crippen molar-refractivity contribution in [1.82, 2.24) is 14.5 Å². The van der Waals surface area contributed by atoms with E-state index in [-0.39, 0.29) is 15.2 Å². The first-order valence-corrected chi connectivity index (χ1v) is 11.8. The lowest BCUT2D eigenvalue weighted by Gasteiger charge is -2.23. The fourth-order valence-corrected chi connectivity index (χ4v) is 4.89. The van der Waals surface area contributed by atoms with Gasteiger partial charge in [0.1, 0.15) is 5.82 Å². The lowest BCUT2D eigenvalue weighted by atomic mass is 9.95. The third kappa shape index (κ3) is 4.57. The minimum absolute atomic E-state index is 0.166. The Labute approximate surface area is 179 Å². The third-order valence-electron chi connectivity index (χ3n) is 5.39. The summed E-state index contributed by atoms with van der Waals surface area (Å²) in [6.07, 6.45) is 4.96. The van der Waals surface area contributed by atoms with Crippen LogP contribution >= 0.6 is 0 Å². The molecule has 7 heteroatoms. The summed E-state index contributed by atoms with van der Waals surface area (Å²) in [5.74, 6) is 1.42. The first-order chi connectivity index (χ1) is 14.2. The number of hydrogen-bond donors (Lipinski definition) is 0. The van der Waals surface area contributed by atoms with Gasteiger partial charge in [-0.3, -0.25) is 4.98 Å². The van der Waals surface area contributed by atoms with E-state index in [0.717, 1.165) is 37.3 Å². The van der Waals surface area contributed by atoms with Gasteiger partial charge in [-0.05, 0) is 42.7 Å². The van der Waals surface area contributed by atoms with Crippen molar-refractivity contribution in [3.05, 3.63) is 48.5 Å². The molecule has 162 valence electrons. The molecule has 30 heavy (non-hydrogen) atoms. The van der Waals surface area contributed by atoms with Crippen LogP contribution in [0.4, 0.5) is 0 Å². The van der Waals surface area contributed by atoms with Crippen LogP contribution in [0.3, 0.4) is 0 Å². The van der Waals surface area contributed by atoms with E-state index in [2.05, 4.69) is 37.2 Å². The van der Waals surface area contributed by atoms with Crippen molar-refractivity contribution in [3.63, 3.8) is 0 Å². The molecule has 0 amide bonds. The van der Waals surface area contributed by atoms with Gasteiger partial charge in [-0.25, -0.2) is 13.4 Å². The van der Waals surface area contributed by atoms with Crippen LogP contribution in [0.5, 0.6) is 0 Å². The zero-order valence-corrected chi connectivity index (χ0v) is 19.2. The summed E-state index contributed by atoms with van der Waals surface area (Å²) >= 11 is 0. The molecule has 0 bridgehead atoms. The summed E-state index contributed by atoms with van der Waals surface area (Å²) in [4.78, 5) is 9.24. The van der Waals surface area contributed by atoms with Crippen LogP contribution in [0, 0.1) is 5.92 Å². The van der Waals surface area contributed by atoms with Crippen molar-refractivity contribution in [3.8, 4) is 0 Å². The summed E-state index contributed by atoms with van der Waals surface area (Å²) in [5.41, 5.74) is 1.49. The van der Waals surface area contributed by atoms with Gasteiger partial charge in [-0.2, -0.15) is 0 Å². The lowest BCUT2D eigenvalue weighted by Crippen LogP contribution is -2.22. The summed E-state index contributed by atoms with van der Waals surface area (Å²) in [6.45, 7) is 10.1. The molecule has 3 rings (SSSR count). The molecule has 0 aliphatic carbocycles. The highest BCUT2D eigenvalue weighted by Crippen LogP contribution is 2.31.